The number of carbonyl (C=O) groups is 2. The summed E-state index contributed by atoms with van der Waals surface area (Å²) in [4.78, 5) is 29.0. The molecule has 3 aromatic rings. The van der Waals surface area contributed by atoms with Gasteiger partial charge in [-0.1, -0.05) is 11.6 Å². The number of rotatable bonds is 6. The standard InChI is InChI=1S/C21H22ClN5O3/c1-11-8-12(2)23-19-18(11)21(26-27(19)3)30-10-17(28)24-14-6-7-15(16(22)9-14)20(29)25-13-4-5-13/h6-9,13H,4-5,10H2,1-3H3,(H,24,28)(H,25,29). The summed E-state index contributed by atoms with van der Waals surface area (Å²) in [5.74, 6) is -0.208. The van der Waals surface area contributed by atoms with E-state index in [1.165, 1.54) is 0 Å². The molecule has 0 radical (unpaired) electrons. The highest BCUT2D eigenvalue weighted by atomic mass is 35.5. The molecule has 4 rings (SSSR count). The lowest BCUT2D eigenvalue weighted by molar-refractivity contribution is -0.118. The molecule has 0 spiro atoms. The molecular formula is C21H22ClN5O3. The molecule has 1 aliphatic carbocycles. The molecule has 1 fully saturated rings. The smallest absolute Gasteiger partial charge is 0.262 e. The highest BCUT2D eigenvalue weighted by molar-refractivity contribution is 6.34. The number of nitrogens with one attached hydrogen (secondary N) is 2. The zero-order chi connectivity index (χ0) is 21.4. The van der Waals surface area contributed by atoms with Gasteiger partial charge in [-0.2, -0.15) is 0 Å². The fourth-order valence-electron chi connectivity index (χ4n) is 3.25. The number of anilines is 1. The third-order valence-electron chi connectivity index (χ3n) is 4.84. The van der Waals surface area contributed by atoms with Crippen LogP contribution in [0, 0.1) is 13.8 Å². The number of nitrogens with zero attached hydrogens (tertiary/aromatic N) is 3. The van der Waals surface area contributed by atoms with Crippen LogP contribution in [-0.4, -0.2) is 39.2 Å². The Morgan fingerprint density at radius 1 is 1.27 bits per heavy atom. The molecule has 9 heteroatoms. The third kappa shape index (κ3) is 4.23. The summed E-state index contributed by atoms with van der Waals surface area (Å²) < 4.78 is 7.29. The predicted octanol–water partition coefficient (Wildman–Crippen LogP) is 3.15. The Morgan fingerprint density at radius 3 is 2.73 bits per heavy atom. The molecule has 156 valence electrons. The Hall–Kier alpha value is -3.13. The number of fused-ring (bicyclic) bond motifs is 1. The lowest BCUT2D eigenvalue weighted by Crippen LogP contribution is -2.25. The Bertz CT molecular complexity index is 1150. The van der Waals surface area contributed by atoms with Gasteiger partial charge in [0.05, 0.1) is 16.0 Å². The number of halogens is 1. The van der Waals surface area contributed by atoms with Gasteiger partial charge in [-0.3, -0.25) is 9.59 Å². The van der Waals surface area contributed by atoms with Gasteiger partial charge in [-0.15, -0.1) is 5.10 Å². The van der Waals surface area contributed by atoms with E-state index in [1.807, 2.05) is 19.9 Å². The highest BCUT2D eigenvalue weighted by Gasteiger charge is 2.24. The zero-order valence-electron chi connectivity index (χ0n) is 17.0. The van der Waals surface area contributed by atoms with Gasteiger partial charge in [-0.25, -0.2) is 9.67 Å². The van der Waals surface area contributed by atoms with Gasteiger partial charge in [0.2, 0.25) is 5.88 Å². The summed E-state index contributed by atoms with van der Waals surface area (Å²) in [5.41, 5.74) is 3.44. The van der Waals surface area contributed by atoms with Crippen LogP contribution in [0.4, 0.5) is 5.69 Å². The molecule has 30 heavy (non-hydrogen) atoms. The van der Waals surface area contributed by atoms with E-state index in [2.05, 4.69) is 20.7 Å². The molecule has 1 aliphatic rings. The molecule has 0 aliphatic heterocycles. The number of amides is 2. The Kier molecular flexibility index (Phi) is 5.34. The van der Waals surface area contributed by atoms with Gasteiger partial charge in [0.15, 0.2) is 12.3 Å². The maximum atomic E-state index is 12.3. The van der Waals surface area contributed by atoms with Gasteiger partial charge >= 0.3 is 0 Å². The lowest BCUT2D eigenvalue weighted by atomic mass is 10.2. The molecule has 1 aromatic carbocycles. The van der Waals surface area contributed by atoms with E-state index in [0.717, 1.165) is 29.5 Å². The third-order valence-corrected chi connectivity index (χ3v) is 5.15. The van der Waals surface area contributed by atoms with Crippen molar-refractivity contribution in [3.8, 4) is 5.88 Å². The van der Waals surface area contributed by atoms with Gasteiger partial charge < -0.3 is 15.4 Å². The van der Waals surface area contributed by atoms with Crippen LogP contribution in [0.25, 0.3) is 11.0 Å². The van der Waals surface area contributed by atoms with Crippen molar-refractivity contribution in [1.82, 2.24) is 20.1 Å². The minimum Gasteiger partial charge on any atom is -0.466 e. The van der Waals surface area contributed by atoms with Crippen molar-refractivity contribution in [3.05, 3.63) is 46.1 Å². The van der Waals surface area contributed by atoms with E-state index < -0.39 is 0 Å². The number of hydrogen-bond acceptors (Lipinski definition) is 5. The molecule has 1 saturated carbocycles. The number of benzene rings is 1. The fourth-order valence-corrected chi connectivity index (χ4v) is 3.52. The quantitative estimate of drug-likeness (QED) is 0.629. The number of aryl methyl sites for hydroxylation is 3. The number of pyridine rings is 1. The van der Waals surface area contributed by atoms with Crippen LogP contribution >= 0.6 is 11.6 Å². The Labute approximate surface area is 178 Å². The van der Waals surface area contributed by atoms with Crippen molar-refractivity contribution in [1.29, 1.82) is 0 Å². The maximum Gasteiger partial charge on any atom is 0.262 e. The topological polar surface area (TPSA) is 98.1 Å². The molecular weight excluding hydrogens is 406 g/mol. The molecule has 2 aromatic heterocycles. The first-order valence-electron chi connectivity index (χ1n) is 9.66. The Morgan fingerprint density at radius 2 is 2.03 bits per heavy atom. The molecule has 2 amide bonds. The second-order valence-corrected chi connectivity index (χ2v) is 7.89. The van der Waals surface area contributed by atoms with Gasteiger partial charge in [-0.05, 0) is 56.5 Å². The Balaban J connectivity index is 1.41. The predicted molar refractivity (Wildman–Crippen MR) is 114 cm³/mol. The summed E-state index contributed by atoms with van der Waals surface area (Å²) in [6, 6.07) is 6.97. The van der Waals surface area contributed by atoms with Crippen molar-refractivity contribution in [2.45, 2.75) is 32.7 Å². The normalized spacial score (nSPS) is 13.3. The van der Waals surface area contributed by atoms with Gasteiger partial charge in [0.1, 0.15) is 0 Å². The molecule has 2 heterocycles. The zero-order valence-corrected chi connectivity index (χ0v) is 17.7. The fraction of sp³-hybridized carbons (Fsp3) is 0.333. The van der Waals surface area contributed by atoms with Gasteiger partial charge in [0.25, 0.3) is 11.8 Å². The molecule has 2 N–H and O–H groups in total. The molecule has 0 bridgehead atoms. The summed E-state index contributed by atoms with van der Waals surface area (Å²) in [5, 5.41) is 11.0. The largest absolute Gasteiger partial charge is 0.466 e. The number of aromatic nitrogens is 3. The summed E-state index contributed by atoms with van der Waals surface area (Å²) in [6.07, 6.45) is 2.00. The van der Waals surface area contributed by atoms with Crippen LogP contribution in [0.3, 0.4) is 0 Å². The van der Waals surface area contributed by atoms with Crippen LogP contribution in [0.5, 0.6) is 5.88 Å². The van der Waals surface area contributed by atoms with E-state index in [-0.39, 0.29) is 29.5 Å². The number of hydrogen-bond donors (Lipinski definition) is 2. The van der Waals surface area contributed by atoms with Crippen molar-refractivity contribution in [2.24, 2.45) is 7.05 Å². The first-order chi connectivity index (χ1) is 14.3. The van der Waals surface area contributed by atoms with Crippen LogP contribution in [0.2, 0.25) is 5.02 Å². The summed E-state index contributed by atoms with van der Waals surface area (Å²) >= 11 is 6.22. The first-order valence-corrected chi connectivity index (χ1v) is 10.0. The summed E-state index contributed by atoms with van der Waals surface area (Å²) in [7, 11) is 1.78. The maximum absolute atomic E-state index is 12.3. The van der Waals surface area contributed by atoms with Crippen LogP contribution in [-0.2, 0) is 11.8 Å². The highest BCUT2D eigenvalue weighted by Crippen LogP contribution is 2.27. The number of carbonyl (C=O) groups excluding carboxylic acids is 2. The van der Waals surface area contributed by atoms with Crippen LogP contribution in [0.1, 0.15) is 34.5 Å². The van der Waals surface area contributed by atoms with E-state index in [9.17, 15) is 9.59 Å². The minimum absolute atomic E-state index is 0.204. The van der Waals surface area contributed by atoms with E-state index >= 15 is 0 Å². The molecule has 8 nitrogen and oxygen atoms in total. The monoisotopic (exact) mass is 427 g/mol. The van der Waals surface area contributed by atoms with Crippen molar-refractivity contribution >= 4 is 40.1 Å². The van der Waals surface area contributed by atoms with Gasteiger partial charge in [0, 0.05) is 24.5 Å². The van der Waals surface area contributed by atoms with Crippen molar-refractivity contribution < 1.29 is 14.3 Å². The van der Waals surface area contributed by atoms with E-state index in [1.54, 1.807) is 29.9 Å². The van der Waals surface area contributed by atoms with Crippen LogP contribution < -0.4 is 15.4 Å². The van der Waals surface area contributed by atoms with Crippen LogP contribution in [0.15, 0.2) is 24.3 Å². The van der Waals surface area contributed by atoms with Crippen molar-refractivity contribution in [2.75, 3.05) is 11.9 Å². The SMILES string of the molecule is Cc1cc(C)c2c(OCC(=O)Nc3ccc(C(=O)NC4CC4)c(Cl)c3)nn(C)c2n1. The number of ether oxygens (including phenoxy) is 1. The average Bonchev–Trinajstić information content (AvgIpc) is 3.42. The first kappa shape index (κ1) is 20.2. The molecule has 0 unspecified atom stereocenters. The van der Waals surface area contributed by atoms with E-state index in [4.69, 9.17) is 16.3 Å². The summed E-state index contributed by atoms with van der Waals surface area (Å²) in [6.45, 7) is 3.65. The average molecular weight is 428 g/mol. The molecule has 0 atom stereocenters. The minimum atomic E-state index is -0.363. The lowest BCUT2D eigenvalue weighted by Gasteiger charge is -2.09. The van der Waals surface area contributed by atoms with Crippen molar-refractivity contribution in [3.63, 3.8) is 0 Å². The van der Waals surface area contributed by atoms with E-state index in [0.29, 0.717) is 22.8 Å². The second-order valence-electron chi connectivity index (χ2n) is 7.49. The second kappa shape index (κ2) is 7.95. The molecule has 0 saturated heterocycles.